The summed E-state index contributed by atoms with van der Waals surface area (Å²) in [6.07, 6.45) is 1.60. The number of amides is 1. The monoisotopic (exact) mass is 312 g/mol. The van der Waals surface area contributed by atoms with Crippen LogP contribution in [0.4, 0.5) is 5.13 Å². The molecule has 0 saturated heterocycles. The van der Waals surface area contributed by atoms with Crippen molar-refractivity contribution in [2.24, 2.45) is 0 Å². The Morgan fingerprint density at radius 2 is 2.00 bits per heavy atom. The summed E-state index contributed by atoms with van der Waals surface area (Å²) in [7, 11) is 0. The van der Waals surface area contributed by atoms with Crippen molar-refractivity contribution in [3.63, 3.8) is 0 Å². The topological polar surface area (TPSA) is 76.9 Å². The Morgan fingerprint density at radius 3 is 2.73 bits per heavy atom. The van der Waals surface area contributed by atoms with Crippen LogP contribution in [0.5, 0.6) is 0 Å². The molecule has 6 nitrogen and oxygen atoms in total. The number of aromatic nitrogens is 3. The lowest BCUT2D eigenvalue weighted by atomic mass is 10.1. The SMILES string of the molecule is O=C(Cn1nc(-c2ccccc2)ccc1=O)Nc1nccs1. The zero-order valence-corrected chi connectivity index (χ0v) is 12.3. The predicted molar refractivity (Wildman–Crippen MR) is 84.7 cm³/mol. The lowest BCUT2D eigenvalue weighted by Crippen LogP contribution is -2.29. The van der Waals surface area contributed by atoms with E-state index in [1.165, 1.54) is 17.4 Å². The minimum Gasteiger partial charge on any atom is -0.300 e. The Bertz CT molecular complexity index is 828. The van der Waals surface area contributed by atoms with E-state index in [1.54, 1.807) is 17.6 Å². The van der Waals surface area contributed by atoms with Gasteiger partial charge in [-0.05, 0) is 6.07 Å². The van der Waals surface area contributed by atoms with Gasteiger partial charge in [-0.1, -0.05) is 30.3 Å². The first kappa shape index (κ1) is 14.2. The molecule has 0 saturated carbocycles. The Balaban J connectivity index is 1.81. The second-order valence-corrected chi connectivity index (χ2v) is 5.36. The number of nitrogens with one attached hydrogen (secondary N) is 1. The quantitative estimate of drug-likeness (QED) is 0.799. The highest BCUT2D eigenvalue weighted by molar-refractivity contribution is 7.13. The van der Waals surface area contributed by atoms with E-state index in [9.17, 15) is 9.59 Å². The maximum Gasteiger partial charge on any atom is 0.267 e. The molecule has 0 aliphatic rings. The van der Waals surface area contributed by atoms with Crippen molar-refractivity contribution < 1.29 is 4.79 Å². The molecular weight excluding hydrogens is 300 g/mol. The van der Waals surface area contributed by atoms with Gasteiger partial charge in [0.2, 0.25) is 5.91 Å². The minimum atomic E-state index is -0.338. The van der Waals surface area contributed by atoms with Gasteiger partial charge in [0.05, 0.1) is 5.69 Å². The third-order valence-corrected chi connectivity index (χ3v) is 3.60. The van der Waals surface area contributed by atoms with Gasteiger partial charge in [-0.15, -0.1) is 11.3 Å². The second-order valence-electron chi connectivity index (χ2n) is 4.47. The molecule has 2 heterocycles. The molecule has 3 rings (SSSR count). The van der Waals surface area contributed by atoms with Gasteiger partial charge in [-0.2, -0.15) is 5.10 Å². The molecule has 0 aliphatic heterocycles. The first-order valence-corrected chi connectivity index (χ1v) is 7.43. The van der Waals surface area contributed by atoms with E-state index in [0.717, 1.165) is 10.2 Å². The van der Waals surface area contributed by atoms with E-state index < -0.39 is 0 Å². The number of carbonyl (C=O) groups excluding carboxylic acids is 1. The molecule has 1 amide bonds. The molecule has 7 heteroatoms. The molecule has 0 atom stereocenters. The van der Waals surface area contributed by atoms with E-state index in [4.69, 9.17) is 0 Å². The van der Waals surface area contributed by atoms with Crippen LogP contribution in [0.2, 0.25) is 0 Å². The van der Waals surface area contributed by atoms with Crippen LogP contribution in [0, 0.1) is 0 Å². The summed E-state index contributed by atoms with van der Waals surface area (Å²) in [4.78, 5) is 27.7. The molecule has 2 aromatic heterocycles. The van der Waals surface area contributed by atoms with Crippen molar-refractivity contribution in [3.05, 3.63) is 64.4 Å². The highest BCUT2D eigenvalue weighted by atomic mass is 32.1. The van der Waals surface area contributed by atoms with Gasteiger partial charge in [0, 0.05) is 23.2 Å². The summed E-state index contributed by atoms with van der Waals surface area (Å²) >= 11 is 1.32. The van der Waals surface area contributed by atoms with Gasteiger partial charge < -0.3 is 5.32 Å². The fraction of sp³-hybridized carbons (Fsp3) is 0.0667. The lowest BCUT2D eigenvalue weighted by Gasteiger charge is -2.07. The van der Waals surface area contributed by atoms with Gasteiger partial charge in [0.15, 0.2) is 5.13 Å². The van der Waals surface area contributed by atoms with Crippen molar-refractivity contribution in [2.75, 3.05) is 5.32 Å². The smallest absolute Gasteiger partial charge is 0.267 e. The average molecular weight is 312 g/mol. The fourth-order valence-electron chi connectivity index (χ4n) is 1.91. The number of hydrogen-bond acceptors (Lipinski definition) is 5. The maximum absolute atomic E-state index is 11.9. The number of rotatable bonds is 4. The van der Waals surface area contributed by atoms with Gasteiger partial charge in [0.1, 0.15) is 6.54 Å². The van der Waals surface area contributed by atoms with Gasteiger partial charge in [-0.3, -0.25) is 9.59 Å². The average Bonchev–Trinajstić information content (AvgIpc) is 3.03. The van der Waals surface area contributed by atoms with Crippen LogP contribution in [0.1, 0.15) is 0 Å². The van der Waals surface area contributed by atoms with Crippen LogP contribution in [0.3, 0.4) is 0 Å². The summed E-state index contributed by atoms with van der Waals surface area (Å²) in [6.45, 7) is -0.154. The van der Waals surface area contributed by atoms with E-state index in [0.29, 0.717) is 10.8 Å². The van der Waals surface area contributed by atoms with Crippen LogP contribution < -0.4 is 10.9 Å². The van der Waals surface area contributed by atoms with E-state index in [1.807, 2.05) is 30.3 Å². The fourth-order valence-corrected chi connectivity index (χ4v) is 2.45. The van der Waals surface area contributed by atoms with Crippen molar-refractivity contribution in [1.82, 2.24) is 14.8 Å². The van der Waals surface area contributed by atoms with Crippen molar-refractivity contribution >= 4 is 22.4 Å². The Kier molecular flexibility index (Phi) is 4.06. The van der Waals surface area contributed by atoms with Gasteiger partial charge in [-0.25, -0.2) is 9.67 Å². The van der Waals surface area contributed by atoms with Crippen molar-refractivity contribution in [2.45, 2.75) is 6.54 Å². The third-order valence-electron chi connectivity index (χ3n) is 2.91. The highest BCUT2D eigenvalue weighted by Crippen LogP contribution is 2.14. The largest absolute Gasteiger partial charge is 0.300 e. The lowest BCUT2D eigenvalue weighted by molar-refractivity contribution is -0.117. The van der Waals surface area contributed by atoms with Crippen LogP contribution in [-0.4, -0.2) is 20.7 Å². The van der Waals surface area contributed by atoms with Crippen LogP contribution in [0.15, 0.2) is 58.8 Å². The minimum absolute atomic E-state index is 0.154. The van der Waals surface area contributed by atoms with E-state index in [-0.39, 0.29) is 18.0 Å². The zero-order chi connectivity index (χ0) is 15.4. The van der Waals surface area contributed by atoms with E-state index >= 15 is 0 Å². The van der Waals surface area contributed by atoms with E-state index in [2.05, 4.69) is 15.4 Å². The highest BCUT2D eigenvalue weighted by Gasteiger charge is 2.09. The second kappa shape index (κ2) is 6.31. The molecule has 1 aromatic carbocycles. The first-order chi connectivity index (χ1) is 10.7. The summed E-state index contributed by atoms with van der Waals surface area (Å²) < 4.78 is 1.14. The number of nitrogens with zero attached hydrogens (tertiary/aromatic N) is 3. The molecule has 22 heavy (non-hydrogen) atoms. The zero-order valence-electron chi connectivity index (χ0n) is 11.5. The number of carbonyl (C=O) groups is 1. The summed E-state index contributed by atoms with van der Waals surface area (Å²) in [5, 5.41) is 9.12. The molecule has 1 N–H and O–H groups in total. The predicted octanol–water partition coefficient (Wildman–Crippen LogP) is 2.01. The van der Waals surface area contributed by atoms with Crippen LogP contribution >= 0.6 is 11.3 Å². The Labute approximate surface area is 130 Å². The standard InChI is InChI=1S/C15H12N4O2S/c20-13(17-15-16-8-9-22-15)10-19-14(21)7-6-12(18-19)11-4-2-1-3-5-11/h1-9H,10H2,(H,16,17,20). The number of hydrogen-bond donors (Lipinski definition) is 1. The summed E-state index contributed by atoms with van der Waals surface area (Å²) in [5.41, 5.74) is 1.20. The molecule has 0 unspecified atom stereocenters. The Morgan fingerprint density at radius 1 is 1.18 bits per heavy atom. The molecule has 0 spiro atoms. The molecular formula is C15H12N4O2S. The molecule has 3 aromatic rings. The third kappa shape index (κ3) is 3.26. The molecule has 0 aliphatic carbocycles. The molecule has 0 radical (unpaired) electrons. The Hall–Kier alpha value is -2.80. The number of thiazole rings is 1. The summed E-state index contributed by atoms with van der Waals surface area (Å²) in [6, 6.07) is 12.5. The number of anilines is 1. The number of benzene rings is 1. The van der Waals surface area contributed by atoms with Crippen molar-refractivity contribution in [1.29, 1.82) is 0 Å². The molecule has 0 bridgehead atoms. The van der Waals surface area contributed by atoms with Gasteiger partial charge >= 0.3 is 0 Å². The van der Waals surface area contributed by atoms with Crippen molar-refractivity contribution in [3.8, 4) is 11.3 Å². The normalized spacial score (nSPS) is 10.4. The summed E-state index contributed by atoms with van der Waals surface area (Å²) in [5.74, 6) is -0.338. The molecule has 110 valence electrons. The maximum atomic E-state index is 11.9. The first-order valence-electron chi connectivity index (χ1n) is 6.55. The van der Waals surface area contributed by atoms with Gasteiger partial charge in [0.25, 0.3) is 5.56 Å². The van der Waals surface area contributed by atoms with Crippen LogP contribution in [0.25, 0.3) is 11.3 Å². The van der Waals surface area contributed by atoms with Crippen LogP contribution in [-0.2, 0) is 11.3 Å². The molecule has 0 fully saturated rings.